The van der Waals surface area contributed by atoms with Crippen LogP contribution in [0.25, 0.3) is 0 Å². The molecule has 1 spiro atoms. The quantitative estimate of drug-likeness (QED) is 0.298. The Morgan fingerprint density at radius 1 is 1.19 bits per heavy atom. The van der Waals surface area contributed by atoms with Gasteiger partial charge in [0.25, 0.3) is 5.91 Å². The minimum absolute atomic E-state index is 0.00269. The Morgan fingerprint density at radius 3 is 2.55 bits per heavy atom. The Morgan fingerprint density at radius 2 is 1.93 bits per heavy atom. The van der Waals surface area contributed by atoms with Crippen LogP contribution in [0.2, 0.25) is 5.02 Å². The van der Waals surface area contributed by atoms with Gasteiger partial charge in [0.15, 0.2) is 0 Å². The third-order valence-corrected chi connectivity index (χ3v) is 9.48. The molecule has 9 heteroatoms. The maximum Gasteiger partial charge on any atom is 0.313 e. The predicted octanol–water partition coefficient (Wildman–Crippen LogP) is 4.79. The number of esters is 1. The number of aryl methyl sites for hydroxylation is 1. The summed E-state index contributed by atoms with van der Waals surface area (Å²) in [4.78, 5) is 46.2. The van der Waals surface area contributed by atoms with Gasteiger partial charge >= 0.3 is 5.97 Å². The van der Waals surface area contributed by atoms with E-state index in [2.05, 4.69) is 13.2 Å². The first-order valence-electron chi connectivity index (χ1n) is 14.3. The van der Waals surface area contributed by atoms with Gasteiger partial charge < -0.3 is 24.4 Å². The van der Waals surface area contributed by atoms with Crippen molar-refractivity contribution >= 4 is 35.1 Å². The van der Waals surface area contributed by atoms with E-state index in [0.717, 1.165) is 5.56 Å². The summed E-state index contributed by atoms with van der Waals surface area (Å²) < 4.78 is 12.4. The Kier molecular flexibility index (Phi) is 8.34. The summed E-state index contributed by atoms with van der Waals surface area (Å²) in [7, 11) is 0. The topological polar surface area (TPSA) is 96.4 Å². The van der Waals surface area contributed by atoms with Crippen LogP contribution in [-0.4, -0.2) is 64.8 Å². The van der Waals surface area contributed by atoms with Crippen molar-refractivity contribution in [2.75, 3.05) is 24.7 Å². The SMILES string of the molecule is C=CCOC(=O)[C@H]1[C@H]2C(=O)N([C@H](CO)c3ccccc3)C(C(=O)N(CC=C)c3c(C)cccc3Cl)C23CC[C@]1(CC)O3. The van der Waals surface area contributed by atoms with E-state index in [1.54, 1.807) is 18.2 Å². The molecule has 8 nitrogen and oxygen atoms in total. The highest BCUT2D eigenvalue weighted by Crippen LogP contribution is 2.65. The molecule has 0 aliphatic carbocycles. The lowest BCUT2D eigenvalue weighted by Gasteiger charge is -2.40. The molecule has 222 valence electrons. The molecule has 2 amide bonds. The minimum atomic E-state index is -1.31. The van der Waals surface area contributed by atoms with Crippen LogP contribution in [0.15, 0.2) is 73.8 Å². The van der Waals surface area contributed by atoms with Crippen molar-refractivity contribution < 1.29 is 29.0 Å². The van der Waals surface area contributed by atoms with E-state index in [9.17, 15) is 19.5 Å². The lowest BCUT2D eigenvalue weighted by atomic mass is 9.65. The van der Waals surface area contributed by atoms with Gasteiger partial charge in [-0.2, -0.15) is 0 Å². The molecule has 42 heavy (non-hydrogen) atoms. The van der Waals surface area contributed by atoms with E-state index >= 15 is 0 Å². The molecule has 0 aromatic heterocycles. The van der Waals surface area contributed by atoms with Crippen molar-refractivity contribution in [3.05, 3.63) is 90.0 Å². The number of anilines is 1. The van der Waals surface area contributed by atoms with Crippen molar-refractivity contribution in [3.8, 4) is 0 Å². The summed E-state index contributed by atoms with van der Waals surface area (Å²) >= 11 is 6.66. The summed E-state index contributed by atoms with van der Waals surface area (Å²) in [5, 5.41) is 11.1. The molecule has 3 aliphatic heterocycles. The third kappa shape index (κ3) is 4.48. The van der Waals surface area contributed by atoms with Gasteiger partial charge in [-0.25, -0.2) is 0 Å². The molecule has 3 aliphatic rings. The first kappa shape index (κ1) is 30.0. The zero-order valence-corrected chi connectivity index (χ0v) is 24.8. The molecule has 2 unspecified atom stereocenters. The van der Waals surface area contributed by atoms with Crippen molar-refractivity contribution in [2.45, 2.75) is 56.4 Å². The highest BCUT2D eigenvalue weighted by molar-refractivity contribution is 6.34. The summed E-state index contributed by atoms with van der Waals surface area (Å²) in [5.41, 5.74) is -0.307. The fourth-order valence-electron chi connectivity index (χ4n) is 7.42. The number of carbonyl (C=O) groups is 3. The van der Waals surface area contributed by atoms with Crippen LogP contribution >= 0.6 is 11.6 Å². The van der Waals surface area contributed by atoms with E-state index < -0.39 is 59.5 Å². The lowest BCUT2D eigenvalue weighted by Crippen LogP contribution is -2.57. The number of hydrogen-bond donors (Lipinski definition) is 1. The number of halogens is 1. The lowest BCUT2D eigenvalue weighted by molar-refractivity contribution is -0.161. The molecule has 1 N–H and O–H groups in total. The number of likely N-dealkylation sites (tertiary alicyclic amines) is 1. The molecule has 2 aromatic carbocycles. The van der Waals surface area contributed by atoms with Gasteiger partial charge in [-0.1, -0.05) is 79.7 Å². The second kappa shape index (κ2) is 11.7. The average molecular weight is 593 g/mol. The second-order valence-electron chi connectivity index (χ2n) is 11.2. The van der Waals surface area contributed by atoms with Crippen molar-refractivity contribution in [1.29, 1.82) is 0 Å². The van der Waals surface area contributed by atoms with Crippen LogP contribution in [0.4, 0.5) is 5.69 Å². The summed E-state index contributed by atoms with van der Waals surface area (Å²) in [5.74, 6) is -3.25. The Bertz CT molecular complexity index is 1380. The molecule has 0 radical (unpaired) electrons. The van der Waals surface area contributed by atoms with E-state index in [4.69, 9.17) is 21.1 Å². The number of aliphatic hydroxyl groups excluding tert-OH is 1. The van der Waals surface area contributed by atoms with Gasteiger partial charge in [-0.05, 0) is 43.4 Å². The standard InChI is InChI=1S/C33H37ClN2O6/c1-5-18-35(27-21(4)12-11-15-23(27)34)30(39)28-33-17-16-32(7-3,42-33)26(31(40)41-19-6-2)25(33)29(38)36(28)24(20-37)22-13-9-8-10-14-22/h5-6,8-15,24-26,28,37H,1-2,7,16-20H2,3-4H3/t24-,25+,26-,28?,32+,33?/m1/s1. The summed E-state index contributed by atoms with van der Waals surface area (Å²) in [6, 6.07) is 12.5. The fraction of sp³-hybridized carbons (Fsp3) is 0.424. The number of aliphatic hydroxyl groups is 1. The Balaban J connectivity index is 1.70. The van der Waals surface area contributed by atoms with Crippen molar-refractivity contribution in [2.24, 2.45) is 11.8 Å². The highest BCUT2D eigenvalue weighted by atomic mass is 35.5. The third-order valence-electron chi connectivity index (χ3n) is 9.18. The number of ether oxygens (including phenoxy) is 2. The number of nitrogens with zero attached hydrogens (tertiary/aromatic N) is 2. The van der Waals surface area contributed by atoms with Crippen molar-refractivity contribution in [3.63, 3.8) is 0 Å². The van der Waals surface area contributed by atoms with Gasteiger partial charge in [-0.15, -0.1) is 6.58 Å². The zero-order valence-electron chi connectivity index (χ0n) is 24.0. The van der Waals surface area contributed by atoms with Crippen LogP contribution < -0.4 is 4.90 Å². The number of carbonyl (C=O) groups excluding carboxylic acids is 3. The number of amides is 2. The molecule has 2 aromatic rings. The average Bonchev–Trinajstić information content (AvgIpc) is 3.60. The first-order chi connectivity index (χ1) is 20.2. The smallest absolute Gasteiger partial charge is 0.313 e. The number of hydrogen-bond acceptors (Lipinski definition) is 6. The molecule has 5 rings (SSSR count). The van der Waals surface area contributed by atoms with Crippen LogP contribution in [0.1, 0.15) is 43.4 Å². The second-order valence-corrected chi connectivity index (χ2v) is 11.7. The molecule has 3 fully saturated rings. The molecular formula is C33H37ClN2O6. The molecule has 6 atom stereocenters. The summed E-state index contributed by atoms with van der Waals surface area (Å²) in [6.07, 6.45) is 4.43. The van der Waals surface area contributed by atoms with Crippen LogP contribution in [0, 0.1) is 18.8 Å². The van der Waals surface area contributed by atoms with E-state index in [1.807, 2.05) is 50.2 Å². The van der Waals surface area contributed by atoms with E-state index in [-0.39, 0.29) is 13.2 Å². The van der Waals surface area contributed by atoms with E-state index in [1.165, 1.54) is 15.9 Å². The number of benzene rings is 2. The number of para-hydroxylation sites is 1. The van der Waals surface area contributed by atoms with Crippen LogP contribution in [0.3, 0.4) is 0 Å². The largest absolute Gasteiger partial charge is 0.461 e. The van der Waals surface area contributed by atoms with Crippen LogP contribution in [0.5, 0.6) is 0 Å². The molecule has 0 saturated carbocycles. The maximum absolute atomic E-state index is 14.9. The predicted molar refractivity (Wildman–Crippen MR) is 160 cm³/mol. The monoisotopic (exact) mass is 592 g/mol. The van der Waals surface area contributed by atoms with Gasteiger partial charge in [0.2, 0.25) is 5.91 Å². The van der Waals surface area contributed by atoms with Gasteiger partial charge in [0, 0.05) is 6.54 Å². The highest BCUT2D eigenvalue weighted by Gasteiger charge is 2.79. The minimum Gasteiger partial charge on any atom is -0.461 e. The fourth-order valence-corrected chi connectivity index (χ4v) is 7.75. The van der Waals surface area contributed by atoms with Crippen molar-refractivity contribution in [1.82, 2.24) is 4.90 Å². The van der Waals surface area contributed by atoms with Gasteiger partial charge in [0.1, 0.15) is 24.2 Å². The normalized spacial score (nSPS) is 28.3. The molecule has 3 heterocycles. The molecular weight excluding hydrogens is 556 g/mol. The first-order valence-corrected chi connectivity index (χ1v) is 14.7. The van der Waals surface area contributed by atoms with Gasteiger partial charge in [0.05, 0.1) is 34.9 Å². The van der Waals surface area contributed by atoms with E-state index in [0.29, 0.717) is 35.5 Å². The number of fused-ring (bicyclic) bond motifs is 1. The number of rotatable bonds is 11. The molecule has 3 saturated heterocycles. The zero-order chi connectivity index (χ0) is 30.2. The Labute approximate surface area is 251 Å². The maximum atomic E-state index is 14.9. The Hall–Kier alpha value is -3.46. The van der Waals surface area contributed by atoms with Gasteiger partial charge in [-0.3, -0.25) is 14.4 Å². The van der Waals surface area contributed by atoms with Crippen LogP contribution in [-0.2, 0) is 23.9 Å². The molecule has 2 bridgehead atoms. The summed E-state index contributed by atoms with van der Waals surface area (Å²) in [6.45, 7) is 11.0.